The largest absolute Gasteiger partial charge is 0.336 e. The molecule has 2 aromatic rings. The summed E-state index contributed by atoms with van der Waals surface area (Å²) in [4.78, 5) is 20.2. The van der Waals surface area contributed by atoms with Gasteiger partial charge in [0.1, 0.15) is 0 Å². The third-order valence-electron chi connectivity index (χ3n) is 7.06. The molecule has 0 N–H and O–H groups in total. The molecule has 5 heteroatoms. The van der Waals surface area contributed by atoms with Crippen LogP contribution in [0, 0.1) is 0 Å². The minimum Gasteiger partial charge on any atom is -0.336 e. The molecule has 1 amide bonds. The summed E-state index contributed by atoms with van der Waals surface area (Å²) in [5.41, 5.74) is 4.83. The molecular weight excluding hydrogens is 394 g/mol. The van der Waals surface area contributed by atoms with Crippen LogP contribution in [0.2, 0.25) is 5.02 Å². The van der Waals surface area contributed by atoms with Gasteiger partial charge in [0, 0.05) is 62.4 Å². The lowest BCUT2D eigenvalue weighted by Gasteiger charge is -2.43. The predicted octanol–water partition coefficient (Wildman–Crippen LogP) is 4.21. The fourth-order valence-corrected chi connectivity index (χ4v) is 5.08. The molecule has 2 aromatic carbocycles. The Morgan fingerprint density at radius 3 is 2.40 bits per heavy atom. The highest BCUT2D eigenvalue weighted by Crippen LogP contribution is 2.26. The number of fused-ring (bicyclic) bond motifs is 1. The van der Waals surface area contributed by atoms with Crippen LogP contribution in [0.5, 0.6) is 0 Å². The zero-order valence-corrected chi connectivity index (χ0v) is 18.3. The number of amides is 1. The highest BCUT2D eigenvalue weighted by atomic mass is 35.5. The van der Waals surface area contributed by atoms with Gasteiger partial charge >= 0.3 is 0 Å². The van der Waals surface area contributed by atoms with E-state index in [9.17, 15) is 4.79 Å². The maximum atomic E-state index is 13.1. The number of carbonyl (C=O) groups is 1. The Morgan fingerprint density at radius 2 is 1.70 bits per heavy atom. The number of rotatable bonds is 4. The van der Waals surface area contributed by atoms with Crippen molar-refractivity contribution in [2.75, 3.05) is 32.7 Å². The summed E-state index contributed by atoms with van der Waals surface area (Å²) in [6.07, 6.45) is 5.05. The first kappa shape index (κ1) is 20.0. The molecule has 1 saturated carbocycles. The van der Waals surface area contributed by atoms with E-state index in [1.807, 2.05) is 23.1 Å². The van der Waals surface area contributed by atoms with Crippen LogP contribution in [-0.4, -0.2) is 59.4 Å². The normalized spacial score (nSPS) is 20.6. The molecule has 2 heterocycles. The second kappa shape index (κ2) is 8.70. The van der Waals surface area contributed by atoms with E-state index in [1.54, 1.807) is 0 Å². The van der Waals surface area contributed by atoms with Crippen molar-refractivity contribution < 1.29 is 4.79 Å². The summed E-state index contributed by atoms with van der Waals surface area (Å²) in [5, 5.41) is 0.782. The predicted molar refractivity (Wildman–Crippen MR) is 121 cm³/mol. The minimum atomic E-state index is 0.203. The smallest absolute Gasteiger partial charge is 0.253 e. The van der Waals surface area contributed by atoms with Gasteiger partial charge in [-0.3, -0.25) is 14.6 Å². The van der Waals surface area contributed by atoms with Crippen molar-refractivity contribution in [1.82, 2.24) is 14.7 Å². The summed E-state index contributed by atoms with van der Waals surface area (Å²) in [6.45, 7) is 6.67. The molecule has 3 aliphatic rings. The zero-order valence-electron chi connectivity index (χ0n) is 17.5. The van der Waals surface area contributed by atoms with Crippen molar-refractivity contribution in [3.05, 3.63) is 69.7 Å². The number of nitrogens with zero attached hydrogens (tertiary/aromatic N) is 3. The first-order valence-electron chi connectivity index (χ1n) is 11.3. The van der Waals surface area contributed by atoms with E-state index in [0.29, 0.717) is 0 Å². The van der Waals surface area contributed by atoms with E-state index in [0.717, 1.165) is 68.9 Å². The molecule has 30 heavy (non-hydrogen) atoms. The Balaban J connectivity index is 1.20. The van der Waals surface area contributed by atoms with E-state index in [1.165, 1.54) is 36.0 Å². The first-order chi connectivity index (χ1) is 14.7. The fraction of sp³-hybridized carbons (Fsp3) is 0.480. The van der Waals surface area contributed by atoms with Crippen LogP contribution in [0.15, 0.2) is 42.5 Å². The average Bonchev–Trinajstić information content (AvgIpc) is 2.74. The van der Waals surface area contributed by atoms with Crippen molar-refractivity contribution in [2.24, 2.45) is 0 Å². The van der Waals surface area contributed by atoms with Gasteiger partial charge in [-0.2, -0.15) is 0 Å². The van der Waals surface area contributed by atoms with Crippen LogP contribution < -0.4 is 0 Å². The number of benzene rings is 2. The molecule has 4 nitrogen and oxygen atoms in total. The third-order valence-corrected chi connectivity index (χ3v) is 7.31. The molecule has 0 unspecified atom stereocenters. The third kappa shape index (κ3) is 4.27. The van der Waals surface area contributed by atoms with Crippen LogP contribution in [0.3, 0.4) is 0 Å². The van der Waals surface area contributed by atoms with E-state index >= 15 is 0 Å². The second-order valence-electron chi connectivity index (χ2n) is 8.98. The number of hydrogen-bond donors (Lipinski definition) is 0. The Bertz CT molecular complexity index is 901. The molecule has 0 bridgehead atoms. The van der Waals surface area contributed by atoms with Gasteiger partial charge in [0.05, 0.1) is 0 Å². The average molecular weight is 424 g/mol. The SMILES string of the molecule is O=C(c1ccc2c(c1)CCN(Cc1ccc(Cl)cc1)C2)N1CCN(C2CCC2)CC1. The molecule has 0 radical (unpaired) electrons. The Morgan fingerprint density at radius 1 is 0.933 bits per heavy atom. The van der Waals surface area contributed by atoms with Crippen LogP contribution in [0.25, 0.3) is 0 Å². The van der Waals surface area contributed by atoms with E-state index in [2.05, 4.69) is 34.1 Å². The monoisotopic (exact) mass is 423 g/mol. The molecule has 2 aliphatic heterocycles. The molecule has 1 saturated heterocycles. The van der Waals surface area contributed by atoms with Gasteiger partial charge in [-0.25, -0.2) is 0 Å². The lowest BCUT2D eigenvalue weighted by Crippen LogP contribution is -2.53. The van der Waals surface area contributed by atoms with Crippen LogP contribution in [0.4, 0.5) is 0 Å². The van der Waals surface area contributed by atoms with Gasteiger partial charge in [-0.05, 0) is 60.2 Å². The van der Waals surface area contributed by atoms with E-state index < -0.39 is 0 Å². The summed E-state index contributed by atoms with van der Waals surface area (Å²) < 4.78 is 0. The molecule has 5 rings (SSSR count). The highest BCUT2D eigenvalue weighted by molar-refractivity contribution is 6.30. The van der Waals surface area contributed by atoms with Gasteiger partial charge in [0.2, 0.25) is 0 Å². The van der Waals surface area contributed by atoms with Gasteiger partial charge in [0.15, 0.2) is 0 Å². The van der Waals surface area contributed by atoms with Gasteiger partial charge in [0.25, 0.3) is 5.91 Å². The summed E-state index contributed by atoms with van der Waals surface area (Å²) in [6, 6.07) is 15.2. The quantitative estimate of drug-likeness (QED) is 0.737. The zero-order chi connectivity index (χ0) is 20.5. The van der Waals surface area contributed by atoms with E-state index in [-0.39, 0.29) is 5.91 Å². The van der Waals surface area contributed by atoms with Gasteiger partial charge in [-0.1, -0.05) is 36.2 Å². The lowest BCUT2D eigenvalue weighted by atomic mass is 9.91. The second-order valence-corrected chi connectivity index (χ2v) is 9.42. The topological polar surface area (TPSA) is 26.8 Å². The van der Waals surface area contributed by atoms with Crippen LogP contribution in [-0.2, 0) is 19.5 Å². The van der Waals surface area contributed by atoms with Gasteiger partial charge in [-0.15, -0.1) is 0 Å². The molecule has 2 fully saturated rings. The molecule has 1 aliphatic carbocycles. The van der Waals surface area contributed by atoms with Crippen molar-refractivity contribution in [2.45, 2.75) is 44.8 Å². The van der Waals surface area contributed by atoms with Crippen LogP contribution >= 0.6 is 11.6 Å². The van der Waals surface area contributed by atoms with E-state index in [4.69, 9.17) is 11.6 Å². The molecule has 0 spiro atoms. The first-order valence-corrected chi connectivity index (χ1v) is 11.7. The van der Waals surface area contributed by atoms with Crippen molar-refractivity contribution in [3.8, 4) is 0 Å². The number of carbonyl (C=O) groups excluding carboxylic acids is 1. The number of piperazine rings is 1. The minimum absolute atomic E-state index is 0.203. The maximum Gasteiger partial charge on any atom is 0.253 e. The van der Waals surface area contributed by atoms with Gasteiger partial charge < -0.3 is 4.90 Å². The molecule has 0 atom stereocenters. The number of hydrogen-bond acceptors (Lipinski definition) is 3. The standard InChI is InChI=1S/C25H30ClN3O/c26-23-8-4-19(5-9-23)17-27-11-10-20-16-21(6-7-22(20)18-27)25(30)29-14-12-28(13-15-29)24-2-1-3-24/h4-9,16,24H,1-3,10-15,17-18H2. The lowest BCUT2D eigenvalue weighted by molar-refractivity contribution is 0.0455. The van der Waals surface area contributed by atoms with Crippen molar-refractivity contribution in [3.63, 3.8) is 0 Å². The maximum absolute atomic E-state index is 13.1. The summed E-state index contributed by atoms with van der Waals surface area (Å²) >= 11 is 6.00. The fourth-order valence-electron chi connectivity index (χ4n) is 4.95. The molecule has 0 aromatic heterocycles. The number of halogens is 1. The Labute approximate surface area is 184 Å². The van der Waals surface area contributed by atoms with Crippen molar-refractivity contribution in [1.29, 1.82) is 0 Å². The van der Waals surface area contributed by atoms with Crippen molar-refractivity contribution >= 4 is 17.5 Å². The summed E-state index contributed by atoms with van der Waals surface area (Å²) in [5.74, 6) is 0.203. The Hall–Kier alpha value is -1.88. The molecular formula is C25H30ClN3O. The van der Waals surface area contributed by atoms with Crippen LogP contribution in [0.1, 0.15) is 46.3 Å². The molecule has 158 valence electrons. The Kier molecular flexibility index (Phi) is 5.81. The summed E-state index contributed by atoms with van der Waals surface area (Å²) in [7, 11) is 0. The highest BCUT2D eigenvalue weighted by Gasteiger charge is 2.30.